The minimum atomic E-state index is -0.383. The van der Waals surface area contributed by atoms with Crippen molar-refractivity contribution in [2.45, 2.75) is 13.5 Å². The van der Waals surface area contributed by atoms with Gasteiger partial charge in [-0.1, -0.05) is 0 Å². The van der Waals surface area contributed by atoms with E-state index >= 15 is 0 Å². The van der Waals surface area contributed by atoms with Gasteiger partial charge in [-0.25, -0.2) is 8.78 Å². The highest BCUT2D eigenvalue weighted by Crippen LogP contribution is 2.22. The van der Waals surface area contributed by atoms with Gasteiger partial charge in [0.2, 0.25) is 0 Å². The van der Waals surface area contributed by atoms with E-state index < -0.39 is 0 Å². The molecular weight excluding hydrogens is 284 g/mol. The van der Waals surface area contributed by atoms with Gasteiger partial charge < -0.3 is 11.5 Å². The van der Waals surface area contributed by atoms with Crippen molar-refractivity contribution in [1.29, 1.82) is 0 Å². The highest BCUT2D eigenvalue weighted by molar-refractivity contribution is 6.23. The number of aliphatic imine (C=N–C) groups is 1. The van der Waals surface area contributed by atoms with Crippen molar-refractivity contribution in [2.75, 3.05) is 0 Å². The Morgan fingerprint density at radius 2 is 1.77 bits per heavy atom. The van der Waals surface area contributed by atoms with Gasteiger partial charge in [0.15, 0.2) is 0 Å². The third-order valence-electron chi connectivity index (χ3n) is 3.18. The van der Waals surface area contributed by atoms with Crippen LogP contribution in [0.1, 0.15) is 18.1 Å². The van der Waals surface area contributed by atoms with Crippen molar-refractivity contribution in [3.05, 3.63) is 71.4 Å². The molecule has 0 amide bonds. The van der Waals surface area contributed by atoms with E-state index in [0.717, 1.165) is 0 Å². The minimum absolute atomic E-state index is 0.233. The first-order chi connectivity index (χ1) is 10.5. The summed E-state index contributed by atoms with van der Waals surface area (Å²) in [6.07, 6.45) is 1.37. The number of benzene rings is 2. The highest BCUT2D eigenvalue weighted by atomic mass is 19.1. The number of nitrogens with two attached hydrogens (primary N) is 2. The van der Waals surface area contributed by atoms with E-state index in [9.17, 15) is 8.78 Å². The molecule has 0 saturated heterocycles. The van der Waals surface area contributed by atoms with Crippen LogP contribution in [0.15, 0.2) is 53.7 Å². The van der Waals surface area contributed by atoms with Crippen LogP contribution < -0.4 is 11.5 Å². The molecule has 2 rings (SSSR count). The lowest BCUT2D eigenvalue weighted by Crippen LogP contribution is -2.03. The topological polar surface area (TPSA) is 64.4 Å². The highest BCUT2D eigenvalue weighted by Gasteiger charge is 2.08. The lowest BCUT2D eigenvalue weighted by Gasteiger charge is -2.09. The molecule has 5 heteroatoms. The molecule has 0 aliphatic rings. The molecule has 22 heavy (non-hydrogen) atoms. The van der Waals surface area contributed by atoms with Gasteiger partial charge in [-0.3, -0.25) is 4.99 Å². The second-order valence-electron chi connectivity index (χ2n) is 4.81. The van der Waals surface area contributed by atoms with E-state index in [1.165, 1.54) is 30.5 Å². The monoisotopic (exact) mass is 301 g/mol. The van der Waals surface area contributed by atoms with Crippen molar-refractivity contribution in [1.82, 2.24) is 0 Å². The van der Waals surface area contributed by atoms with Gasteiger partial charge >= 0.3 is 0 Å². The molecule has 0 aromatic heterocycles. The van der Waals surface area contributed by atoms with Crippen LogP contribution in [0, 0.1) is 11.6 Å². The van der Waals surface area contributed by atoms with E-state index in [0.29, 0.717) is 28.1 Å². The molecule has 2 aromatic carbocycles. The van der Waals surface area contributed by atoms with Crippen LogP contribution in [0.25, 0.3) is 5.57 Å². The SMILES string of the molecule is CC(=Nc1ccc(F)cc1)C(=CN)c1cc(F)cc(CN)c1. The Morgan fingerprint density at radius 1 is 1.09 bits per heavy atom. The molecule has 0 bridgehead atoms. The average Bonchev–Trinajstić information content (AvgIpc) is 2.49. The largest absolute Gasteiger partial charge is 0.404 e. The minimum Gasteiger partial charge on any atom is -0.404 e. The Kier molecular flexibility index (Phi) is 5.01. The van der Waals surface area contributed by atoms with Crippen molar-refractivity contribution in [3.63, 3.8) is 0 Å². The molecule has 0 heterocycles. The Labute approximate surface area is 128 Å². The normalized spacial score (nSPS) is 12.5. The van der Waals surface area contributed by atoms with Gasteiger partial charge in [0.05, 0.1) is 5.69 Å². The molecule has 0 unspecified atom stereocenters. The number of rotatable bonds is 4. The molecule has 0 spiro atoms. The summed E-state index contributed by atoms with van der Waals surface area (Å²) < 4.78 is 26.5. The molecule has 0 radical (unpaired) electrons. The number of hydrogen-bond donors (Lipinski definition) is 2. The maximum absolute atomic E-state index is 13.6. The van der Waals surface area contributed by atoms with Gasteiger partial charge in [-0.05, 0) is 60.5 Å². The average molecular weight is 301 g/mol. The maximum atomic E-state index is 13.6. The molecular formula is C17H17F2N3. The zero-order valence-electron chi connectivity index (χ0n) is 12.2. The standard InChI is InChI=1S/C17H17F2N3/c1-11(22-16-4-2-14(18)3-5-16)17(10-21)13-6-12(9-20)7-15(19)8-13/h2-8,10H,9,20-21H2,1H3. The quantitative estimate of drug-likeness (QED) is 0.849. The van der Waals surface area contributed by atoms with Crippen molar-refractivity contribution in [2.24, 2.45) is 16.5 Å². The fraction of sp³-hybridized carbons (Fsp3) is 0.118. The summed E-state index contributed by atoms with van der Waals surface area (Å²) in [5.74, 6) is -0.712. The number of halogens is 2. The number of allylic oxidation sites excluding steroid dienone is 1. The van der Waals surface area contributed by atoms with E-state index in [4.69, 9.17) is 11.5 Å². The summed E-state index contributed by atoms with van der Waals surface area (Å²) in [6, 6.07) is 10.3. The zero-order chi connectivity index (χ0) is 16.1. The third kappa shape index (κ3) is 3.77. The lowest BCUT2D eigenvalue weighted by atomic mass is 10.00. The summed E-state index contributed by atoms with van der Waals surface area (Å²) in [7, 11) is 0. The Balaban J connectivity index is 2.39. The van der Waals surface area contributed by atoms with E-state index in [1.807, 2.05) is 0 Å². The first-order valence-electron chi connectivity index (χ1n) is 6.76. The van der Waals surface area contributed by atoms with E-state index in [2.05, 4.69) is 4.99 Å². The Morgan fingerprint density at radius 3 is 2.36 bits per heavy atom. The molecule has 0 fully saturated rings. The molecule has 0 saturated carbocycles. The summed E-state index contributed by atoms with van der Waals surface area (Å²) in [4.78, 5) is 4.38. The fourth-order valence-corrected chi connectivity index (χ4v) is 2.12. The van der Waals surface area contributed by atoms with Crippen LogP contribution in [-0.2, 0) is 6.54 Å². The number of hydrogen-bond acceptors (Lipinski definition) is 3. The maximum Gasteiger partial charge on any atom is 0.124 e. The summed E-state index contributed by atoms with van der Waals surface area (Å²) >= 11 is 0. The van der Waals surface area contributed by atoms with Crippen LogP contribution in [0.3, 0.4) is 0 Å². The van der Waals surface area contributed by atoms with E-state index in [-0.39, 0.29) is 18.2 Å². The molecule has 4 N–H and O–H groups in total. The van der Waals surface area contributed by atoms with Crippen LogP contribution in [0.2, 0.25) is 0 Å². The van der Waals surface area contributed by atoms with Gasteiger partial charge in [0, 0.05) is 24.0 Å². The fourth-order valence-electron chi connectivity index (χ4n) is 2.12. The van der Waals surface area contributed by atoms with Gasteiger partial charge in [-0.2, -0.15) is 0 Å². The lowest BCUT2D eigenvalue weighted by molar-refractivity contribution is 0.625. The zero-order valence-corrected chi connectivity index (χ0v) is 12.2. The first kappa shape index (κ1) is 15.9. The smallest absolute Gasteiger partial charge is 0.124 e. The van der Waals surface area contributed by atoms with Gasteiger partial charge in [-0.15, -0.1) is 0 Å². The molecule has 114 valence electrons. The summed E-state index contributed by atoms with van der Waals surface area (Å²) in [5.41, 5.74) is 14.3. The molecule has 0 aliphatic heterocycles. The van der Waals surface area contributed by atoms with Crippen molar-refractivity contribution in [3.8, 4) is 0 Å². The molecule has 0 aliphatic carbocycles. The van der Waals surface area contributed by atoms with Crippen molar-refractivity contribution >= 4 is 17.0 Å². The van der Waals surface area contributed by atoms with Crippen LogP contribution in [-0.4, -0.2) is 5.71 Å². The van der Waals surface area contributed by atoms with Crippen LogP contribution in [0.4, 0.5) is 14.5 Å². The van der Waals surface area contributed by atoms with Crippen molar-refractivity contribution < 1.29 is 8.78 Å². The van der Waals surface area contributed by atoms with Gasteiger partial charge in [0.1, 0.15) is 11.6 Å². The Bertz CT molecular complexity index is 719. The van der Waals surface area contributed by atoms with Crippen LogP contribution in [0.5, 0.6) is 0 Å². The van der Waals surface area contributed by atoms with Crippen LogP contribution >= 0.6 is 0 Å². The Hall–Kier alpha value is -2.53. The summed E-state index contributed by atoms with van der Waals surface area (Å²) in [6.45, 7) is 1.99. The van der Waals surface area contributed by atoms with Gasteiger partial charge in [0.25, 0.3) is 0 Å². The first-order valence-corrected chi connectivity index (χ1v) is 6.76. The molecule has 3 nitrogen and oxygen atoms in total. The predicted octanol–water partition coefficient (Wildman–Crippen LogP) is 3.52. The summed E-state index contributed by atoms with van der Waals surface area (Å²) in [5, 5.41) is 0. The predicted molar refractivity (Wildman–Crippen MR) is 85.6 cm³/mol. The van der Waals surface area contributed by atoms with E-state index in [1.54, 1.807) is 25.1 Å². The molecule has 2 aromatic rings. The second-order valence-corrected chi connectivity index (χ2v) is 4.81. The second kappa shape index (κ2) is 6.95. The third-order valence-corrected chi connectivity index (χ3v) is 3.18. The molecule has 0 atom stereocenters. The number of nitrogens with zero attached hydrogens (tertiary/aromatic N) is 1.